The molecule has 0 unspecified atom stereocenters. The summed E-state index contributed by atoms with van der Waals surface area (Å²) in [6.45, 7) is 0. The standard InChI is InChI=1S/C13H12BrClN2O3S/c1-17-21(18,19)9-3-5-12(11(16)7-9)20-13-6-8(14)2-4-10(13)15/h2-7,17H,16H2,1H3. The Labute approximate surface area is 136 Å². The molecule has 2 aromatic carbocycles. The Morgan fingerprint density at radius 1 is 1.19 bits per heavy atom. The number of nitrogen functional groups attached to an aromatic ring is 1. The van der Waals surface area contributed by atoms with Crippen LogP contribution in [0.4, 0.5) is 5.69 Å². The van der Waals surface area contributed by atoms with Gasteiger partial charge in [0, 0.05) is 4.47 Å². The summed E-state index contributed by atoms with van der Waals surface area (Å²) in [7, 11) is -2.21. The molecule has 0 aromatic heterocycles. The van der Waals surface area contributed by atoms with Crippen molar-refractivity contribution in [3.05, 3.63) is 45.9 Å². The first-order valence-electron chi connectivity index (χ1n) is 5.79. The van der Waals surface area contributed by atoms with Crippen molar-refractivity contribution in [1.82, 2.24) is 4.72 Å². The van der Waals surface area contributed by atoms with Crippen LogP contribution in [0.25, 0.3) is 0 Å². The Balaban J connectivity index is 2.36. The predicted molar refractivity (Wildman–Crippen MR) is 86.3 cm³/mol. The quantitative estimate of drug-likeness (QED) is 0.783. The second kappa shape index (κ2) is 6.23. The lowest BCUT2D eigenvalue weighted by atomic mass is 10.3. The van der Waals surface area contributed by atoms with Crippen LogP contribution in [-0.2, 0) is 10.0 Å². The van der Waals surface area contributed by atoms with Gasteiger partial charge in [-0.15, -0.1) is 0 Å². The lowest BCUT2D eigenvalue weighted by Crippen LogP contribution is -2.18. The highest BCUT2D eigenvalue weighted by Gasteiger charge is 2.14. The Kier molecular flexibility index (Phi) is 4.77. The number of benzene rings is 2. The van der Waals surface area contributed by atoms with Crippen LogP contribution >= 0.6 is 27.5 Å². The molecule has 8 heteroatoms. The Morgan fingerprint density at radius 3 is 2.52 bits per heavy atom. The van der Waals surface area contributed by atoms with Crippen LogP contribution in [0.2, 0.25) is 5.02 Å². The molecule has 2 aromatic rings. The van der Waals surface area contributed by atoms with Crippen LogP contribution in [0, 0.1) is 0 Å². The van der Waals surface area contributed by atoms with Gasteiger partial charge in [0.2, 0.25) is 10.0 Å². The fraction of sp³-hybridized carbons (Fsp3) is 0.0769. The topological polar surface area (TPSA) is 81.4 Å². The van der Waals surface area contributed by atoms with Crippen molar-refractivity contribution in [3.63, 3.8) is 0 Å². The first kappa shape index (κ1) is 16.1. The summed E-state index contributed by atoms with van der Waals surface area (Å²) in [5.41, 5.74) is 6.03. The summed E-state index contributed by atoms with van der Waals surface area (Å²) in [4.78, 5) is 0.0650. The first-order chi connectivity index (χ1) is 9.83. The lowest BCUT2D eigenvalue weighted by Gasteiger charge is -2.11. The van der Waals surface area contributed by atoms with Crippen LogP contribution in [0.5, 0.6) is 11.5 Å². The lowest BCUT2D eigenvalue weighted by molar-refractivity contribution is 0.484. The molecule has 5 nitrogen and oxygen atoms in total. The molecule has 0 radical (unpaired) electrons. The molecule has 0 fully saturated rings. The maximum atomic E-state index is 11.7. The van der Waals surface area contributed by atoms with E-state index in [-0.39, 0.29) is 10.6 Å². The summed E-state index contributed by atoms with van der Waals surface area (Å²) < 4.78 is 32.0. The molecular formula is C13H12BrClN2O3S. The molecule has 0 spiro atoms. The van der Waals surface area contributed by atoms with Crippen molar-refractivity contribution < 1.29 is 13.2 Å². The smallest absolute Gasteiger partial charge is 0.240 e. The number of anilines is 1. The molecule has 0 bridgehead atoms. The van der Waals surface area contributed by atoms with E-state index in [4.69, 9.17) is 22.1 Å². The van der Waals surface area contributed by atoms with Crippen molar-refractivity contribution in [2.75, 3.05) is 12.8 Å². The van der Waals surface area contributed by atoms with Gasteiger partial charge in [-0.3, -0.25) is 0 Å². The Bertz CT molecular complexity index is 781. The summed E-state index contributed by atoms with van der Waals surface area (Å²) in [6.07, 6.45) is 0. The van der Waals surface area contributed by atoms with E-state index >= 15 is 0 Å². The fourth-order valence-corrected chi connectivity index (χ4v) is 2.84. The molecule has 112 valence electrons. The minimum absolute atomic E-state index is 0.0650. The molecule has 3 N–H and O–H groups in total. The van der Waals surface area contributed by atoms with E-state index in [0.717, 1.165) is 4.47 Å². The number of nitrogens with one attached hydrogen (secondary N) is 1. The fourth-order valence-electron chi connectivity index (χ4n) is 1.58. The molecule has 0 aliphatic rings. The molecule has 0 atom stereocenters. The predicted octanol–water partition coefficient (Wildman–Crippen LogP) is 3.39. The van der Waals surface area contributed by atoms with Gasteiger partial charge in [0.05, 0.1) is 15.6 Å². The summed E-state index contributed by atoms with van der Waals surface area (Å²) in [5.74, 6) is 0.743. The molecule has 0 amide bonds. The van der Waals surface area contributed by atoms with Crippen molar-refractivity contribution in [2.45, 2.75) is 4.90 Å². The summed E-state index contributed by atoms with van der Waals surface area (Å²) >= 11 is 9.35. The average molecular weight is 392 g/mol. The minimum atomic E-state index is -3.54. The van der Waals surface area contributed by atoms with E-state index in [1.165, 1.54) is 25.2 Å². The molecule has 0 heterocycles. The van der Waals surface area contributed by atoms with Crippen LogP contribution in [0.15, 0.2) is 45.8 Å². The molecular weight excluding hydrogens is 380 g/mol. The average Bonchev–Trinajstić information content (AvgIpc) is 2.44. The number of hydrogen-bond acceptors (Lipinski definition) is 4. The van der Waals surface area contributed by atoms with Crippen LogP contribution in [-0.4, -0.2) is 15.5 Å². The summed E-state index contributed by atoms with van der Waals surface area (Å²) in [5, 5.41) is 0.421. The SMILES string of the molecule is CNS(=O)(=O)c1ccc(Oc2cc(Br)ccc2Cl)c(N)c1. The van der Waals surface area contributed by atoms with E-state index in [2.05, 4.69) is 20.7 Å². The number of rotatable bonds is 4. The highest BCUT2D eigenvalue weighted by molar-refractivity contribution is 9.10. The molecule has 0 aliphatic carbocycles. The molecule has 0 saturated heterocycles. The monoisotopic (exact) mass is 390 g/mol. The van der Waals surface area contributed by atoms with Gasteiger partial charge in [-0.2, -0.15) is 0 Å². The summed E-state index contributed by atoms with van der Waals surface area (Å²) in [6, 6.07) is 9.37. The van der Waals surface area contributed by atoms with Crippen molar-refractivity contribution in [1.29, 1.82) is 0 Å². The van der Waals surface area contributed by atoms with Crippen LogP contribution < -0.4 is 15.2 Å². The molecule has 0 saturated carbocycles. The number of sulfonamides is 1. The van der Waals surface area contributed by atoms with Gasteiger partial charge in [0.1, 0.15) is 11.5 Å². The highest BCUT2D eigenvalue weighted by Crippen LogP contribution is 2.35. The Morgan fingerprint density at radius 2 is 1.90 bits per heavy atom. The van der Waals surface area contributed by atoms with Gasteiger partial charge in [0.25, 0.3) is 0 Å². The van der Waals surface area contributed by atoms with E-state index in [1.807, 2.05) is 0 Å². The van der Waals surface area contributed by atoms with E-state index < -0.39 is 10.0 Å². The normalized spacial score (nSPS) is 11.4. The number of halogens is 2. The maximum absolute atomic E-state index is 11.7. The van der Waals surface area contributed by atoms with E-state index in [9.17, 15) is 8.42 Å². The highest BCUT2D eigenvalue weighted by atomic mass is 79.9. The minimum Gasteiger partial charge on any atom is -0.454 e. The van der Waals surface area contributed by atoms with Crippen molar-refractivity contribution in [2.24, 2.45) is 0 Å². The number of ether oxygens (including phenoxy) is 1. The maximum Gasteiger partial charge on any atom is 0.240 e. The third-order valence-electron chi connectivity index (χ3n) is 2.67. The zero-order valence-corrected chi connectivity index (χ0v) is 14.1. The van der Waals surface area contributed by atoms with Gasteiger partial charge in [-0.25, -0.2) is 13.1 Å². The zero-order chi connectivity index (χ0) is 15.6. The number of hydrogen-bond donors (Lipinski definition) is 2. The Hall–Kier alpha value is -1.28. The number of nitrogens with two attached hydrogens (primary N) is 1. The van der Waals surface area contributed by atoms with E-state index in [0.29, 0.717) is 16.5 Å². The van der Waals surface area contributed by atoms with Gasteiger partial charge in [0.15, 0.2) is 0 Å². The van der Waals surface area contributed by atoms with Gasteiger partial charge in [-0.1, -0.05) is 27.5 Å². The second-order valence-corrected chi connectivity index (χ2v) is 7.29. The molecule has 0 aliphatic heterocycles. The van der Waals surface area contributed by atoms with Gasteiger partial charge >= 0.3 is 0 Å². The van der Waals surface area contributed by atoms with Gasteiger partial charge in [-0.05, 0) is 43.4 Å². The van der Waals surface area contributed by atoms with E-state index in [1.54, 1.807) is 18.2 Å². The largest absolute Gasteiger partial charge is 0.454 e. The molecule has 2 rings (SSSR count). The third-order valence-corrected chi connectivity index (χ3v) is 4.89. The second-order valence-electron chi connectivity index (χ2n) is 4.08. The van der Waals surface area contributed by atoms with Gasteiger partial charge < -0.3 is 10.5 Å². The first-order valence-corrected chi connectivity index (χ1v) is 8.45. The zero-order valence-electron chi connectivity index (χ0n) is 10.9. The van der Waals surface area contributed by atoms with Crippen molar-refractivity contribution >= 4 is 43.2 Å². The van der Waals surface area contributed by atoms with Crippen LogP contribution in [0.3, 0.4) is 0 Å². The van der Waals surface area contributed by atoms with Crippen molar-refractivity contribution in [3.8, 4) is 11.5 Å². The third kappa shape index (κ3) is 3.68. The molecule has 21 heavy (non-hydrogen) atoms. The van der Waals surface area contributed by atoms with Crippen LogP contribution in [0.1, 0.15) is 0 Å².